The predicted octanol–water partition coefficient (Wildman–Crippen LogP) is 0.982. The summed E-state index contributed by atoms with van der Waals surface area (Å²) in [6.07, 6.45) is 2.52. The second-order valence-electron chi connectivity index (χ2n) is 4.68. The second-order valence-corrected chi connectivity index (χ2v) is 6.72. The quantitative estimate of drug-likeness (QED) is 0.802. The number of hydrogen-bond acceptors (Lipinski definition) is 3. The lowest BCUT2D eigenvalue weighted by Crippen LogP contribution is -2.39. The molecule has 0 heterocycles. The van der Waals surface area contributed by atoms with Crippen LogP contribution in [0, 0.1) is 0 Å². The molecule has 4 nitrogen and oxygen atoms in total. The Labute approximate surface area is 109 Å². The van der Waals surface area contributed by atoms with Crippen LogP contribution >= 0.6 is 0 Å². The average Bonchev–Trinajstić information content (AvgIpc) is 3.19. The molecule has 100 valence electrons. The molecule has 0 bridgehead atoms. The average molecular weight is 268 g/mol. The van der Waals surface area contributed by atoms with E-state index < -0.39 is 10.0 Å². The van der Waals surface area contributed by atoms with Crippen molar-refractivity contribution < 1.29 is 8.42 Å². The van der Waals surface area contributed by atoms with Crippen molar-refractivity contribution in [2.45, 2.75) is 25.3 Å². The van der Waals surface area contributed by atoms with Crippen molar-refractivity contribution in [3.63, 3.8) is 0 Å². The molecule has 2 N–H and O–H groups in total. The first kappa shape index (κ1) is 13.5. The predicted molar refractivity (Wildman–Crippen MR) is 72.7 cm³/mol. The Balaban J connectivity index is 1.97. The highest BCUT2D eigenvalue weighted by Gasteiger charge is 2.36. The molecule has 1 fully saturated rings. The van der Waals surface area contributed by atoms with Crippen molar-refractivity contribution in [3.8, 4) is 0 Å². The van der Waals surface area contributed by atoms with Crippen molar-refractivity contribution in [3.05, 3.63) is 35.9 Å². The van der Waals surface area contributed by atoms with Gasteiger partial charge in [-0.15, -0.1) is 0 Å². The summed E-state index contributed by atoms with van der Waals surface area (Å²) < 4.78 is 26.1. The second kappa shape index (κ2) is 5.82. The molecule has 2 rings (SSSR count). The molecule has 18 heavy (non-hydrogen) atoms. The normalized spacial score (nSPS) is 16.1. The zero-order valence-electron chi connectivity index (χ0n) is 10.5. The van der Waals surface area contributed by atoms with Crippen molar-refractivity contribution >= 4 is 10.0 Å². The van der Waals surface area contributed by atoms with Crippen molar-refractivity contribution in [2.24, 2.45) is 5.73 Å². The van der Waals surface area contributed by atoms with E-state index in [9.17, 15) is 8.42 Å². The molecule has 0 unspecified atom stereocenters. The van der Waals surface area contributed by atoms with E-state index in [1.165, 1.54) is 0 Å². The Morgan fingerprint density at radius 1 is 1.22 bits per heavy atom. The summed E-state index contributed by atoms with van der Waals surface area (Å²) in [6, 6.07) is 9.92. The van der Waals surface area contributed by atoms with E-state index in [-0.39, 0.29) is 11.8 Å². The number of rotatable bonds is 7. The molecule has 1 aromatic rings. The van der Waals surface area contributed by atoms with Crippen LogP contribution in [-0.4, -0.2) is 37.6 Å². The molecule has 0 saturated heterocycles. The molecule has 1 aliphatic carbocycles. The topological polar surface area (TPSA) is 63.4 Å². The van der Waals surface area contributed by atoms with Crippen LogP contribution in [0.1, 0.15) is 18.4 Å². The summed E-state index contributed by atoms with van der Waals surface area (Å²) in [7, 11) is -3.17. The number of nitrogens with zero attached hydrogens (tertiary/aromatic N) is 1. The van der Waals surface area contributed by atoms with Gasteiger partial charge in [-0.3, -0.25) is 0 Å². The van der Waals surface area contributed by atoms with Gasteiger partial charge in [-0.2, -0.15) is 4.31 Å². The van der Waals surface area contributed by atoms with Crippen LogP contribution in [0.5, 0.6) is 0 Å². The lowest BCUT2D eigenvalue weighted by molar-refractivity contribution is 0.411. The molecule has 1 aliphatic rings. The van der Waals surface area contributed by atoms with E-state index >= 15 is 0 Å². The minimum atomic E-state index is -3.17. The zero-order valence-corrected chi connectivity index (χ0v) is 11.3. The van der Waals surface area contributed by atoms with E-state index in [0.717, 1.165) is 18.4 Å². The SMILES string of the molecule is NCCN(C1CC1)S(=O)(=O)CCc1ccccc1. The van der Waals surface area contributed by atoms with Crippen molar-refractivity contribution in [1.29, 1.82) is 0 Å². The van der Waals surface area contributed by atoms with Gasteiger partial charge >= 0.3 is 0 Å². The van der Waals surface area contributed by atoms with Gasteiger partial charge < -0.3 is 5.73 Å². The third-order valence-electron chi connectivity index (χ3n) is 3.15. The maximum atomic E-state index is 12.2. The lowest BCUT2D eigenvalue weighted by atomic mass is 10.2. The Bertz CT molecular complexity index is 469. The largest absolute Gasteiger partial charge is 0.329 e. The maximum Gasteiger partial charge on any atom is 0.214 e. The Hall–Kier alpha value is -0.910. The Morgan fingerprint density at radius 3 is 2.44 bits per heavy atom. The van der Waals surface area contributed by atoms with Crippen molar-refractivity contribution in [1.82, 2.24) is 4.31 Å². The molecule has 0 spiro atoms. The number of nitrogens with two attached hydrogens (primary N) is 1. The Kier molecular flexibility index (Phi) is 4.37. The molecular formula is C13H20N2O2S. The third-order valence-corrected chi connectivity index (χ3v) is 5.07. The third kappa shape index (κ3) is 3.54. The molecular weight excluding hydrogens is 248 g/mol. The van der Waals surface area contributed by atoms with Crippen LogP contribution < -0.4 is 5.73 Å². The molecule has 5 heteroatoms. The zero-order chi connectivity index (χ0) is 13.0. The van der Waals surface area contributed by atoms with E-state index in [0.29, 0.717) is 19.5 Å². The number of aryl methyl sites for hydroxylation is 1. The first-order chi connectivity index (χ1) is 8.63. The summed E-state index contributed by atoms with van der Waals surface area (Å²) in [5.41, 5.74) is 6.55. The van der Waals surface area contributed by atoms with Gasteiger partial charge in [0.1, 0.15) is 0 Å². The number of sulfonamides is 1. The van der Waals surface area contributed by atoms with Crippen LogP contribution in [-0.2, 0) is 16.4 Å². The highest BCUT2D eigenvalue weighted by Crippen LogP contribution is 2.29. The number of hydrogen-bond donors (Lipinski definition) is 1. The highest BCUT2D eigenvalue weighted by molar-refractivity contribution is 7.89. The summed E-state index contributed by atoms with van der Waals surface area (Å²) in [4.78, 5) is 0. The van der Waals surface area contributed by atoms with Crippen molar-refractivity contribution in [2.75, 3.05) is 18.8 Å². The summed E-state index contributed by atoms with van der Waals surface area (Å²) >= 11 is 0. The van der Waals surface area contributed by atoms with Gasteiger partial charge in [0.05, 0.1) is 5.75 Å². The smallest absolute Gasteiger partial charge is 0.214 e. The molecule has 0 aromatic heterocycles. The maximum absolute atomic E-state index is 12.2. The van der Waals surface area contributed by atoms with E-state index in [2.05, 4.69) is 0 Å². The monoisotopic (exact) mass is 268 g/mol. The van der Waals surface area contributed by atoms with Gasteiger partial charge in [0.25, 0.3) is 0 Å². The highest BCUT2D eigenvalue weighted by atomic mass is 32.2. The van der Waals surface area contributed by atoms with Gasteiger partial charge in [0.2, 0.25) is 10.0 Å². The first-order valence-corrected chi connectivity index (χ1v) is 7.98. The van der Waals surface area contributed by atoms with Crippen LogP contribution in [0.15, 0.2) is 30.3 Å². The fourth-order valence-electron chi connectivity index (χ4n) is 2.05. The molecule has 0 aliphatic heterocycles. The van der Waals surface area contributed by atoms with Gasteiger partial charge in [-0.05, 0) is 24.8 Å². The van der Waals surface area contributed by atoms with Gasteiger partial charge in [0, 0.05) is 19.1 Å². The fourth-order valence-corrected chi connectivity index (χ4v) is 3.82. The molecule has 0 radical (unpaired) electrons. The summed E-state index contributed by atoms with van der Waals surface area (Å²) in [5.74, 6) is 0.174. The van der Waals surface area contributed by atoms with Crippen LogP contribution in [0.2, 0.25) is 0 Å². The minimum Gasteiger partial charge on any atom is -0.329 e. The molecule has 1 saturated carbocycles. The van der Waals surface area contributed by atoms with Crippen LogP contribution in [0.3, 0.4) is 0 Å². The lowest BCUT2D eigenvalue weighted by Gasteiger charge is -2.21. The van der Waals surface area contributed by atoms with Crippen LogP contribution in [0.25, 0.3) is 0 Å². The van der Waals surface area contributed by atoms with Gasteiger partial charge in [-0.25, -0.2) is 8.42 Å². The van der Waals surface area contributed by atoms with Gasteiger partial charge in [-0.1, -0.05) is 30.3 Å². The van der Waals surface area contributed by atoms with E-state index in [1.807, 2.05) is 30.3 Å². The van der Waals surface area contributed by atoms with E-state index in [1.54, 1.807) is 4.31 Å². The minimum absolute atomic E-state index is 0.174. The first-order valence-electron chi connectivity index (χ1n) is 6.37. The standard InChI is InChI=1S/C13H20N2O2S/c14-9-10-15(13-6-7-13)18(16,17)11-8-12-4-2-1-3-5-12/h1-5,13H,6-11,14H2. The Morgan fingerprint density at radius 2 is 1.89 bits per heavy atom. The number of benzene rings is 1. The van der Waals surface area contributed by atoms with E-state index in [4.69, 9.17) is 5.73 Å². The fraction of sp³-hybridized carbons (Fsp3) is 0.538. The summed E-state index contributed by atoms with van der Waals surface area (Å²) in [6.45, 7) is 0.836. The van der Waals surface area contributed by atoms with Crippen LogP contribution in [0.4, 0.5) is 0 Å². The molecule has 0 amide bonds. The van der Waals surface area contributed by atoms with Gasteiger partial charge in [0.15, 0.2) is 0 Å². The summed E-state index contributed by atoms with van der Waals surface area (Å²) in [5, 5.41) is 0. The molecule has 0 atom stereocenters. The molecule has 1 aromatic carbocycles.